The molecular weight excluding hydrogens is 1030 g/mol. The van der Waals surface area contributed by atoms with Gasteiger partial charge in [-0.2, -0.15) is 62.9 Å². The lowest BCUT2D eigenvalue weighted by molar-refractivity contribution is -0.145. The van der Waals surface area contributed by atoms with E-state index in [9.17, 15) is 72.2 Å². The molecule has 0 saturated heterocycles. The van der Waals surface area contributed by atoms with Crippen molar-refractivity contribution in [2.24, 2.45) is 0 Å². The van der Waals surface area contributed by atoms with Crippen LogP contribution in [-0.4, -0.2) is 60.7 Å². The first-order valence-corrected chi connectivity index (χ1v) is 23.8. The maximum atomic E-state index is 13.4. The number of benzene rings is 4. The average Bonchev–Trinajstić information content (AvgIpc) is 4.05. The van der Waals surface area contributed by atoms with Gasteiger partial charge in [0.25, 0.3) is 0 Å². The molecule has 2 aromatic heterocycles. The number of halogens is 12. The summed E-state index contributed by atoms with van der Waals surface area (Å²) < 4.78 is 175. The third-order valence-electron chi connectivity index (χ3n) is 15.0. The molecule has 2 atom stereocenters. The molecule has 2 aliphatic carbocycles. The fraction of sp³-hybridized carbons (Fsp3) is 0.442. The number of aliphatic hydroxyl groups is 1. The van der Waals surface area contributed by atoms with Crippen LogP contribution in [0.4, 0.5) is 52.7 Å². The Morgan fingerprint density at radius 2 is 0.895 bits per heavy atom. The first-order chi connectivity index (χ1) is 35.6. The van der Waals surface area contributed by atoms with Crippen LogP contribution in [0.25, 0.3) is 0 Å². The van der Waals surface area contributed by atoms with Crippen molar-refractivity contribution in [2.45, 2.75) is 124 Å². The summed E-state index contributed by atoms with van der Waals surface area (Å²) in [6, 6.07) is 21.3. The summed E-state index contributed by atoms with van der Waals surface area (Å²) in [6.45, 7) is 2.50. The highest BCUT2D eigenvalue weighted by Crippen LogP contribution is 2.49. The zero-order valence-electron chi connectivity index (χ0n) is 40.7. The Balaban J connectivity index is 0.000000221. The van der Waals surface area contributed by atoms with Gasteiger partial charge in [-0.1, -0.05) is 60.7 Å². The van der Waals surface area contributed by atoms with E-state index in [1.54, 1.807) is 0 Å². The molecule has 12 nitrogen and oxygen atoms in total. The average molecular weight is 1080 g/mol. The molecule has 2 saturated carbocycles. The van der Waals surface area contributed by atoms with Gasteiger partial charge in [0.2, 0.25) is 0 Å². The molecular formula is C52H52F12N6O6. The highest BCUT2D eigenvalue weighted by Gasteiger charge is 2.48. The molecule has 8 rings (SSSR count). The van der Waals surface area contributed by atoms with Crippen molar-refractivity contribution in [3.63, 3.8) is 0 Å². The van der Waals surface area contributed by atoms with E-state index in [-0.39, 0.29) is 55.9 Å². The van der Waals surface area contributed by atoms with Gasteiger partial charge in [0, 0.05) is 10.8 Å². The Morgan fingerprint density at radius 3 is 1.20 bits per heavy atom. The fourth-order valence-corrected chi connectivity index (χ4v) is 10.2. The number of nitrogens with one attached hydrogen (secondary N) is 2. The Bertz CT molecular complexity index is 2960. The van der Waals surface area contributed by atoms with Crippen molar-refractivity contribution in [1.29, 1.82) is 0 Å². The Kier molecular flexibility index (Phi) is 16.4. The van der Waals surface area contributed by atoms with Crippen LogP contribution < -0.4 is 11.4 Å². The third-order valence-corrected chi connectivity index (χ3v) is 15.0. The van der Waals surface area contributed by atoms with Gasteiger partial charge in [-0.15, -0.1) is 0 Å². The summed E-state index contributed by atoms with van der Waals surface area (Å²) in [5.74, 6) is 0. The highest BCUT2D eigenvalue weighted by molar-refractivity contribution is 5.62. The number of carbonyl (C=O) groups is 1. The molecule has 0 bridgehead atoms. The van der Waals surface area contributed by atoms with E-state index >= 15 is 0 Å². The van der Waals surface area contributed by atoms with Crippen LogP contribution >= 0.6 is 0 Å². The highest BCUT2D eigenvalue weighted by atomic mass is 19.4. The maximum Gasteiger partial charge on any atom is 0.416 e. The second-order valence-electron chi connectivity index (χ2n) is 19.5. The van der Waals surface area contributed by atoms with E-state index in [1.165, 1.54) is 35.6 Å². The molecule has 3 N–H and O–H groups in total. The van der Waals surface area contributed by atoms with Crippen LogP contribution in [0, 0.1) is 0 Å². The topological polar surface area (TPSA) is 157 Å². The predicted molar refractivity (Wildman–Crippen MR) is 250 cm³/mol. The fourth-order valence-electron chi connectivity index (χ4n) is 10.2. The van der Waals surface area contributed by atoms with Crippen molar-refractivity contribution in [3.8, 4) is 0 Å². The maximum absolute atomic E-state index is 13.4. The number of aromatic amines is 2. The summed E-state index contributed by atoms with van der Waals surface area (Å²) in [7, 11) is 0. The Hall–Kier alpha value is -6.53. The number of rotatable bonds is 14. The molecule has 410 valence electrons. The smallest absolute Gasteiger partial charge is 0.394 e. The van der Waals surface area contributed by atoms with Gasteiger partial charge in [-0.25, -0.2) is 19.8 Å². The van der Waals surface area contributed by atoms with Gasteiger partial charge in [0.1, 0.15) is 24.5 Å². The molecule has 2 fully saturated rings. The number of hydrogen-bond donors (Lipinski definition) is 3. The molecule has 0 radical (unpaired) electrons. The van der Waals surface area contributed by atoms with Crippen molar-refractivity contribution >= 4 is 6.29 Å². The molecule has 4 aromatic carbocycles. The number of alkyl halides is 12. The van der Waals surface area contributed by atoms with Crippen molar-refractivity contribution in [3.05, 3.63) is 175 Å². The molecule has 6 aromatic rings. The standard InChI is InChI=1S/C26H27F6N3O3.C26H25F6N3O3/c2*1-17(18-11-20(25(27,28)29)13-21(12-18)26(30,31)32)38-15-23(19-5-3-2-4-6-19)7-9-24(14-36,10-8-23)35-16-33-34-22(35)37/h2-6,11-13,16-17,36H,7-10,14-15H2,1H3,(H,34,37);2-6,11-14,16-17H,7-10,15H2,1H3,(H,34,37)/t2*17-,23?,24?/m11/s1. The number of carbonyl (C=O) groups excluding carboxylic acids is 1. The normalized spacial score (nSPS) is 23.3. The van der Waals surface area contributed by atoms with Crippen molar-refractivity contribution in [2.75, 3.05) is 19.8 Å². The molecule has 0 unspecified atom stereocenters. The van der Waals surface area contributed by atoms with Gasteiger partial charge in [-0.3, -0.25) is 9.13 Å². The van der Waals surface area contributed by atoms with E-state index < -0.39 is 92.5 Å². The lowest BCUT2D eigenvalue weighted by atomic mass is 9.64. The minimum Gasteiger partial charge on any atom is -0.394 e. The lowest BCUT2D eigenvalue weighted by Gasteiger charge is -2.46. The van der Waals surface area contributed by atoms with E-state index in [2.05, 4.69) is 20.4 Å². The molecule has 0 aliphatic heterocycles. The summed E-state index contributed by atoms with van der Waals surface area (Å²) in [6.07, 6.45) is -15.8. The number of aliphatic hydroxyl groups excluding tert-OH is 1. The third kappa shape index (κ3) is 12.3. The van der Waals surface area contributed by atoms with Crippen LogP contribution in [0.15, 0.2) is 119 Å². The first kappa shape index (κ1) is 57.2. The SMILES string of the molecule is C[C@@H](OCC1(c2ccccc2)CCC(C=O)(n2cn[nH]c2=O)CC1)c1cc(C(F)(F)F)cc(C(F)(F)F)c1.C[C@@H](OCC1(c2ccccc2)CCC(CO)(n2cn[nH]c2=O)CC1)c1cc(C(F)(F)F)cc(C(F)(F)F)c1. The number of aromatic nitrogens is 6. The number of nitrogens with zero attached hydrogens (tertiary/aromatic N) is 4. The van der Waals surface area contributed by atoms with Crippen molar-refractivity contribution in [1.82, 2.24) is 29.5 Å². The molecule has 0 spiro atoms. The number of ether oxygens (including phenoxy) is 2. The van der Waals surface area contributed by atoms with E-state index in [1.807, 2.05) is 60.7 Å². The molecule has 76 heavy (non-hydrogen) atoms. The Labute approximate surface area is 426 Å². The summed E-state index contributed by atoms with van der Waals surface area (Å²) in [5.41, 5.74) is -8.70. The van der Waals surface area contributed by atoms with Gasteiger partial charge in [0.15, 0.2) is 0 Å². The van der Waals surface area contributed by atoms with Crippen LogP contribution in [0.3, 0.4) is 0 Å². The van der Waals surface area contributed by atoms with Crippen molar-refractivity contribution < 1.29 is 72.1 Å². The van der Waals surface area contributed by atoms with Crippen LogP contribution in [-0.2, 0) is 60.9 Å². The summed E-state index contributed by atoms with van der Waals surface area (Å²) in [4.78, 5) is 36.6. The van der Waals surface area contributed by atoms with Gasteiger partial charge < -0.3 is 19.4 Å². The summed E-state index contributed by atoms with van der Waals surface area (Å²) >= 11 is 0. The summed E-state index contributed by atoms with van der Waals surface area (Å²) in [5, 5.41) is 22.3. The Morgan fingerprint density at radius 1 is 0.553 bits per heavy atom. The molecule has 2 aliphatic rings. The number of H-pyrrole nitrogens is 2. The largest absolute Gasteiger partial charge is 0.416 e. The van der Waals surface area contributed by atoms with Gasteiger partial charge >= 0.3 is 36.1 Å². The van der Waals surface area contributed by atoms with Crippen LogP contribution in [0.2, 0.25) is 0 Å². The van der Waals surface area contributed by atoms with Crippen LogP contribution in [0.1, 0.15) is 122 Å². The first-order valence-electron chi connectivity index (χ1n) is 23.8. The zero-order valence-corrected chi connectivity index (χ0v) is 40.7. The second-order valence-corrected chi connectivity index (χ2v) is 19.5. The van der Waals surface area contributed by atoms with Gasteiger partial charge in [-0.05, 0) is 124 Å². The minimum absolute atomic E-state index is 0.0115. The second kappa shape index (κ2) is 21.8. The molecule has 2 heterocycles. The number of hydrogen-bond acceptors (Lipinski definition) is 8. The van der Waals surface area contributed by atoms with Gasteiger partial charge in [0.05, 0.1) is 59.8 Å². The van der Waals surface area contributed by atoms with E-state index in [0.717, 1.165) is 11.1 Å². The van der Waals surface area contributed by atoms with Crippen LogP contribution in [0.5, 0.6) is 0 Å². The predicted octanol–water partition coefficient (Wildman–Crippen LogP) is 11.4. The molecule has 24 heteroatoms. The lowest BCUT2D eigenvalue weighted by Crippen LogP contribution is -2.50. The zero-order chi connectivity index (χ0) is 55.5. The van der Waals surface area contributed by atoms with E-state index in [0.29, 0.717) is 69.1 Å². The molecule has 0 amide bonds. The quantitative estimate of drug-likeness (QED) is 0.0719. The van der Waals surface area contributed by atoms with E-state index in [4.69, 9.17) is 9.47 Å². The monoisotopic (exact) mass is 1080 g/mol. The minimum atomic E-state index is -4.96. The number of aldehydes is 1.